The number of carbonyl (C=O) groups excluding carboxylic acids is 6. The number of amides is 6. The number of nitrogens with zero attached hydrogens (tertiary/aromatic N) is 1. The summed E-state index contributed by atoms with van der Waals surface area (Å²) in [5.41, 5.74) is 0.383. The number of rotatable bonds is 20. The van der Waals surface area contributed by atoms with E-state index in [1.54, 1.807) is 58.9 Å². The van der Waals surface area contributed by atoms with E-state index in [0.29, 0.717) is 37.0 Å². The number of nitrogens with one attached hydrogen (secondary N) is 4. The van der Waals surface area contributed by atoms with Crippen molar-refractivity contribution in [3.05, 3.63) is 42.0 Å². The Bertz CT molecular complexity index is 1170. The Morgan fingerprint density at radius 3 is 2.27 bits per heavy atom. The van der Waals surface area contributed by atoms with Gasteiger partial charge < -0.3 is 31.1 Å². The summed E-state index contributed by atoms with van der Waals surface area (Å²) >= 11 is 0. The van der Waals surface area contributed by atoms with E-state index in [0.717, 1.165) is 4.90 Å². The molecule has 0 fully saturated rings. The van der Waals surface area contributed by atoms with Crippen molar-refractivity contribution in [2.24, 2.45) is 11.3 Å². The van der Waals surface area contributed by atoms with Gasteiger partial charge >= 0.3 is 0 Å². The Labute approximate surface area is 265 Å². The maximum Gasteiger partial charge on any atom is 0.252 e. The highest BCUT2D eigenvalue weighted by Gasteiger charge is 2.32. The van der Waals surface area contributed by atoms with Gasteiger partial charge in [-0.1, -0.05) is 45.9 Å². The summed E-state index contributed by atoms with van der Waals surface area (Å²) in [5, 5.41) is 19.9. The molecule has 0 aliphatic heterocycles. The lowest BCUT2D eigenvalue weighted by atomic mass is 9.87. The molecule has 2 atom stereocenters. The summed E-state index contributed by atoms with van der Waals surface area (Å²) in [6.45, 7) is 10.8. The fraction of sp³-hybridized carbons (Fsp3) is 0.562. The molecule has 45 heavy (non-hydrogen) atoms. The van der Waals surface area contributed by atoms with Gasteiger partial charge in [0.2, 0.25) is 30.0 Å². The van der Waals surface area contributed by atoms with E-state index < -0.39 is 29.2 Å². The number of hydrogen-bond acceptors (Lipinski definition) is 8. The van der Waals surface area contributed by atoms with Crippen molar-refractivity contribution in [1.82, 2.24) is 20.9 Å². The van der Waals surface area contributed by atoms with Crippen LogP contribution in [0, 0.1) is 11.3 Å². The molecule has 0 aliphatic rings. The molecule has 0 saturated carbocycles. The second kappa shape index (κ2) is 20.0. The van der Waals surface area contributed by atoms with Gasteiger partial charge in [-0.2, -0.15) is 0 Å². The van der Waals surface area contributed by atoms with E-state index in [-0.39, 0.29) is 56.6 Å². The first kappa shape index (κ1) is 38.9. The third-order valence-corrected chi connectivity index (χ3v) is 7.00. The number of aliphatic hydroxyl groups excluding tert-OH is 1. The van der Waals surface area contributed by atoms with Gasteiger partial charge in [0.15, 0.2) is 0 Å². The number of allylic oxidation sites excluding steroid dienone is 1. The SMILES string of the molecule is C/C=C\C(=O)N(C=O)CCC(=O)NCCC(C)OCCC(C)(C)C(=O)NC(C(=O)NCC(=O)Nc1ccc(CO)cc1)C(C)C. The average molecular weight is 632 g/mol. The first-order valence-electron chi connectivity index (χ1n) is 15.1. The maximum absolute atomic E-state index is 13.1. The quantitative estimate of drug-likeness (QED) is 0.106. The van der Waals surface area contributed by atoms with E-state index in [2.05, 4.69) is 21.3 Å². The maximum atomic E-state index is 13.1. The lowest BCUT2D eigenvalue weighted by molar-refractivity contribution is -0.136. The predicted octanol–water partition coefficient (Wildman–Crippen LogP) is 1.65. The number of anilines is 1. The summed E-state index contributed by atoms with van der Waals surface area (Å²) in [4.78, 5) is 74.0. The number of imide groups is 1. The topological polar surface area (TPSA) is 183 Å². The van der Waals surface area contributed by atoms with E-state index in [1.165, 1.54) is 12.2 Å². The lowest BCUT2D eigenvalue weighted by Crippen LogP contribution is -2.53. The molecule has 0 spiro atoms. The molecule has 13 nitrogen and oxygen atoms in total. The molecule has 0 saturated heterocycles. The normalized spacial score (nSPS) is 12.7. The van der Waals surface area contributed by atoms with Crippen LogP contribution in [0.1, 0.15) is 66.4 Å². The Balaban J connectivity index is 2.44. The van der Waals surface area contributed by atoms with Gasteiger partial charge in [-0.05, 0) is 56.4 Å². The highest BCUT2D eigenvalue weighted by atomic mass is 16.5. The highest BCUT2D eigenvalue weighted by Crippen LogP contribution is 2.22. The smallest absolute Gasteiger partial charge is 0.252 e. The van der Waals surface area contributed by atoms with Crippen molar-refractivity contribution < 1.29 is 38.6 Å². The molecule has 0 aromatic heterocycles. The number of aliphatic hydroxyl groups is 1. The van der Waals surface area contributed by atoms with E-state index in [9.17, 15) is 28.8 Å². The van der Waals surface area contributed by atoms with Crippen LogP contribution >= 0.6 is 0 Å². The minimum Gasteiger partial charge on any atom is -0.392 e. The van der Waals surface area contributed by atoms with Crippen LogP contribution in [0.25, 0.3) is 0 Å². The van der Waals surface area contributed by atoms with Gasteiger partial charge in [-0.3, -0.25) is 33.7 Å². The number of hydrogen-bond donors (Lipinski definition) is 5. The van der Waals surface area contributed by atoms with Crippen LogP contribution in [-0.2, 0) is 40.1 Å². The van der Waals surface area contributed by atoms with Gasteiger partial charge in [0.1, 0.15) is 6.04 Å². The van der Waals surface area contributed by atoms with E-state index in [1.807, 2.05) is 6.92 Å². The van der Waals surface area contributed by atoms with Crippen molar-refractivity contribution in [2.45, 2.75) is 79.6 Å². The highest BCUT2D eigenvalue weighted by molar-refractivity contribution is 5.96. The summed E-state index contributed by atoms with van der Waals surface area (Å²) in [6.07, 6.45) is 3.84. The number of carbonyl (C=O) groups is 6. The monoisotopic (exact) mass is 631 g/mol. The first-order chi connectivity index (χ1) is 21.2. The fourth-order valence-corrected chi connectivity index (χ4v) is 3.94. The minimum atomic E-state index is -0.853. The molecule has 250 valence electrons. The Hall–Kier alpha value is -4.10. The molecule has 1 aromatic carbocycles. The second-order valence-corrected chi connectivity index (χ2v) is 11.7. The molecule has 1 rings (SSSR count). The first-order valence-corrected chi connectivity index (χ1v) is 15.1. The summed E-state index contributed by atoms with van der Waals surface area (Å²) < 4.78 is 5.84. The predicted molar refractivity (Wildman–Crippen MR) is 169 cm³/mol. The second-order valence-electron chi connectivity index (χ2n) is 11.7. The molecule has 0 aliphatic carbocycles. The Morgan fingerprint density at radius 2 is 1.69 bits per heavy atom. The minimum absolute atomic E-state index is 0.0102. The molecule has 5 N–H and O–H groups in total. The third-order valence-electron chi connectivity index (χ3n) is 7.00. The molecule has 1 aromatic rings. The van der Waals surface area contributed by atoms with Gasteiger partial charge in [-0.25, -0.2) is 0 Å². The van der Waals surface area contributed by atoms with E-state index >= 15 is 0 Å². The van der Waals surface area contributed by atoms with Crippen LogP contribution in [0.2, 0.25) is 0 Å². The largest absolute Gasteiger partial charge is 0.392 e. The molecule has 0 heterocycles. The molecule has 6 amide bonds. The van der Waals surface area contributed by atoms with Crippen LogP contribution in [0.3, 0.4) is 0 Å². The standard InChI is InChI=1S/C32H49N5O8/c1-7-8-28(42)37(21-39)17-14-26(40)33-16-13-23(4)45-18-15-32(5,6)31(44)36-29(22(2)3)30(43)34-19-27(41)35-25-11-9-24(20-38)10-12-25/h7-12,21-23,29,38H,13-20H2,1-6H3,(H,33,40)(H,34,43)(H,35,41)(H,36,44)/b8-7-. The van der Waals surface area contributed by atoms with Crippen molar-refractivity contribution in [3.63, 3.8) is 0 Å². The van der Waals surface area contributed by atoms with Crippen LogP contribution in [0.4, 0.5) is 5.69 Å². The van der Waals surface area contributed by atoms with Crippen LogP contribution in [-0.4, -0.2) is 84.3 Å². The van der Waals surface area contributed by atoms with Gasteiger partial charge in [0.25, 0.3) is 5.91 Å². The number of benzene rings is 1. The molecule has 13 heteroatoms. The zero-order valence-electron chi connectivity index (χ0n) is 27.2. The Morgan fingerprint density at radius 1 is 1.02 bits per heavy atom. The molecular weight excluding hydrogens is 582 g/mol. The fourth-order valence-electron chi connectivity index (χ4n) is 3.94. The van der Waals surface area contributed by atoms with Gasteiger partial charge in [-0.15, -0.1) is 0 Å². The molecular formula is C32H49N5O8. The van der Waals surface area contributed by atoms with Crippen LogP contribution < -0.4 is 21.3 Å². The molecule has 0 bridgehead atoms. The Kier molecular flexibility index (Phi) is 17.3. The van der Waals surface area contributed by atoms with Crippen molar-refractivity contribution in [1.29, 1.82) is 0 Å². The summed E-state index contributed by atoms with van der Waals surface area (Å²) in [6, 6.07) is 5.81. The molecule has 0 radical (unpaired) electrons. The zero-order chi connectivity index (χ0) is 34.0. The van der Waals surface area contributed by atoms with Crippen molar-refractivity contribution in [3.8, 4) is 0 Å². The summed E-state index contributed by atoms with van der Waals surface area (Å²) in [5.74, 6) is -2.25. The van der Waals surface area contributed by atoms with Crippen LogP contribution in [0.15, 0.2) is 36.4 Å². The van der Waals surface area contributed by atoms with Crippen molar-refractivity contribution in [2.75, 3.05) is 31.6 Å². The summed E-state index contributed by atoms with van der Waals surface area (Å²) in [7, 11) is 0. The van der Waals surface area contributed by atoms with Gasteiger partial charge in [0.05, 0.1) is 19.3 Å². The van der Waals surface area contributed by atoms with Gasteiger partial charge in [0, 0.05) is 37.2 Å². The average Bonchev–Trinajstić information content (AvgIpc) is 2.99. The molecule has 2 unspecified atom stereocenters. The van der Waals surface area contributed by atoms with Crippen LogP contribution in [0.5, 0.6) is 0 Å². The number of ether oxygens (including phenoxy) is 1. The zero-order valence-corrected chi connectivity index (χ0v) is 27.2. The van der Waals surface area contributed by atoms with E-state index in [4.69, 9.17) is 9.84 Å². The lowest BCUT2D eigenvalue weighted by Gasteiger charge is -2.29. The third kappa shape index (κ3) is 15.0. The van der Waals surface area contributed by atoms with Crippen molar-refractivity contribution >= 4 is 41.6 Å².